The van der Waals surface area contributed by atoms with Crippen molar-refractivity contribution in [3.8, 4) is 11.1 Å². The highest BCUT2D eigenvalue weighted by molar-refractivity contribution is 7.90. The molecule has 246 valence electrons. The molecule has 0 radical (unpaired) electrons. The number of carbonyl (C=O) groups excluding carboxylic acids is 2. The molecule has 4 rings (SSSR count). The molecule has 11 heteroatoms. The minimum Gasteiger partial charge on any atom is -0.480 e. The van der Waals surface area contributed by atoms with Crippen LogP contribution in [0.15, 0.2) is 42.5 Å². The van der Waals surface area contributed by atoms with Crippen LogP contribution in [0, 0.1) is 12.8 Å². The number of hydrogen-bond acceptors (Lipinski definition) is 7. The van der Waals surface area contributed by atoms with Gasteiger partial charge in [-0.2, -0.15) is 0 Å². The number of carbonyl (C=O) groups is 3. The van der Waals surface area contributed by atoms with E-state index in [4.69, 9.17) is 4.74 Å². The first-order valence-corrected chi connectivity index (χ1v) is 18.0. The molecule has 2 aliphatic rings. The number of carboxylic acids is 1. The SMILES string of the molecule is Cc1ccccc1-c1cc(CN(C)C(CC2CCCCC2)C(=O)N2CCOCC2)ccc1C(=O)N[C@@H](CCS(C)(=O)=O)C(=O)O. The van der Waals surface area contributed by atoms with Crippen LogP contribution in [0.25, 0.3) is 11.1 Å². The molecule has 45 heavy (non-hydrogen) atoms. The Balaban J connectivity index is 1.62. The molecule has 0 spiro atoms. The maximum atomic E-state index is 13.8. The molecule has 2 aromatic rings. The summed E-state index contributed by atoms with van der Waals surface area (Å²) in [5.41, 5.74) is 3.64. The number of hydrogen-bond donors (Lipinski definition) is 2. The fourth-order valence-electron chi connectivity index (χ4n) is 6.41. The molecule has 1 saturated heterocycles. The summed E-state index contributed by atoms with van der Waals surface area (Å²) in [4.78, 5) is 43.3. The topological polar surface area (TPSA) is 133 Å². The van der Waals surface area contributed by atoms with Crippen LogP contribution in [0.4, 0.5) is 0 Å². The number of nitrogens with zero attached hydrogens (tertiary/aromatic N) is 2. The Morgan fingerprint density at radius 2 is 1.73 bits per heavy atom. The van der Waals surface area contributed by atoms with Crippen molar-refractivity contribution in [3.63, 3.8) is 0 Å². The summed E-state index contributed by atoms with van der Waals surface area (Å²) in [6, 6.07) is 11.5. The van der Waals surface area contributed by atoms with Crippen LogP contribution < -0.4 is 5.32 Å². The summed E-state index contributed by atoms with van der Waals surface area (Å²) in [6.45, 7) is 4.72. The van der Waals surface area contributed by atoms with Gasteiger partial charge in [-0.1, -0.05) is 62.4 Å². The zero-order valence-corrected chi connectivity index (χ0v) is 27.5. The van der Waals surface area contributed by atoms with E-state index in [-0.39, 0.29) is 24.1 Å². The number of amides is 2. The summed E-state index contributed by atoms with van der Waals surface area (Å²) in [5.74, 6) is -1.60. The Morgan fingerprint density at radius 1 is 1.04 bits per heavy atom. The average Bonchev–Trinajstić information content (AvgIpc) is 3.02. The van der Waals surface area contributed by atoms with Crippen molar-refractivity contribution in [2.24, 2.45) is 5.92 Å². The van der Waals surface area contributed by atoms with Gasteiger partial charge < -0.3 is 20.1 Å². The number of carboxylic acid groups (broad SMARTS) is 1. The highest BCUT2D eigenvalue weighted by Crippen LogP contribution is 2.31. The Morgan fingerprint density at radius 3 is 2.38 bits per heavy atom. The Labute approximate surface area is 267 Å². The van der Waals surface area contributed by atoms with E-state index in [1.54, 1.807) is 6.07 Å². The first-order chi connectivity index (χ1) is 21.4. The third-order valence-electron chi connectivity index (χ3n) is 9.00. The molecule has 2 atom stereocenters. The lowest BCUT2D eigenvalue weighted by Gasteiger charge is -2.36. The van der Waals surface area contributed by atoms with Gasteiger partial charge in [-0.05, 0) is 67.1 Å². The molecule has 2 amide bonds. The van der Waals surface area contributed by atoms with Gasteiger partial charge >= 0.3 is 5.97 Å². The van der Waals surface area contributed by atoms with E-state index >= 15 is 0 Å². The van der Waals surface area contributed by atoms with Gasteiger partial charge in [0.15, 0.2) is 0 Å². The van der Waals surface area contributed by atoms with E-state index in [0.29, 0.717) is 49.9 Å². The van der Waals surface area contributed by atoms with Gasteiger partial charge in [0, 0.05) is 31.5 Å². The van der Waals surface area contributed by atoms with Gasteiger partial charge in [0.2, 0.25) is 5.91 Å². The van der Waals surface area contributed by atoms with Crippen LogP contribution in [-0.2, 0) is 30.7 Å². The molecule has 2 fully saturated rings. The van der Waals surface area contributed by atoms with Crippen LogP contribution in [0.3, 0.4) is 0 Å². The molecule has 0 aromatic heterocycles. The normalized spacial score (nSPS) is 17.6. The number of likely N-dealkylation sites (N-methyl/N-ethyl adjacent to an activating group) is 1. The van der Waals surface area contributed by atoms with Crippen LogP contribution in [0.2, 0.25) is 0 Å². The summed E-state index contributed by atoms with van der Waals surface area (Å²) < 4.78 is 28.8. The lowest BCUT2D eigenvalue weighted by atomic mass is 9.84. The molecule has 1 saturated carbocycles. The lowest BCUT2D eigenvalue weighted by Crippen LogP contribution is -2.51. The molecular formula is C34H47N3O7S. The first-order valence-electron chi connectivity index (χ1n) is 15.9. The van der Waals surface area contributed by atoms with E-state index in [1.165, 1.54) is 19.3 Å². The third kappa shape index (κ3) is 9.85. The fourth-order valence-corrected chi connectivity index (χ4v) is 7.08. The van der Waals surface area contributed by atoms with Crippen LogP contribution >= 0.6 is 0 Å². The van der Waals surface area contributed by atoms with Crippen LogP contribution in [0.1, 0.15) is 66.4 Å². The molecule has 2 aromatic carbocycles. The largest absolute Gasteiger partial charge is 0.480 e. The predicted octanol–water partition coefficient (Wildman–Crippen LogP) is 3.91. The van der Waals surface area contributed by atoms with Crippen molar-refractivity contribution in [1.82, 2.24) is 15.1 Å². The molecule has 0 bridgehead atoms. The van der Waals surface area contributed by atoms with Gasteiger partial charge in [0.1, 0.15) is 15.9 Å². The van der Waals surface area contributed by atoms with E-state index in [1.807, 2.05) is 55.3 Å². The number of morpholine rings is 1. The second-order valence-electron chi connectivity index (χ2n) is 12.6. The Bertz CT molecular complexity index is 1450. The molecule has 1 heterocycles. The quantitative estimate of drug-likeness (QED) is 0.337. The van der Waals surface area contributed by atoms with Gasteiger partial charge in [-0.3, -0.25) is 14.5 Å². The summed E-state index contributed by atoms with van der Waals surface area (Å²) in [6.07, 6.45) is 7.55. The minimum atomic E-state index is -3.41. The number of aryl methyl sites for hydroxylation is 1. The van der Waals surface area contributed by atoms with E-state index in [0.717, 1.165) is 42.2 Å². The summed E-state index contributed by atoms with van der Waals surface area (Å²) >= 11 is 0. The van der Waals surface area contributed by atoms with E-state index < -0.39 is 27.8 Å². The van der Waals surface area contributed by atoms with Gasteiger partial charge in [-0.15, -0.1) is 0 Å². The number of sulfone groups is 1. The number of rotatable bonds is 13. The van der Waals surface area contributed by atoms with Gasteiger partial charge in [0.25, 0.3) is 5.91 Å². The minimum absolute atomic E-state index is 0.135. The molecular weight excluding hydrogens is 594 g/mol. The number of nitrogens with one attached hydrogen (secondary N) is 1. The zero-order chi connectivity index (χ0) is 32.6. The van der Waals surface area contributed by atoms with E-state index in [2.05, 4.69) is 10.2 Å². The van der Waals surface area contributed by atoms with Crippen LogP contribution in [0.5, 0.6) is 0 Å². The maximum Gasteiger partial charge on any atom is 0.326 e. The highest BCUT2D eigenvalue weighted by atomic mass is 32.2. The number of aliphatic carboxylic acids is 1. The molecule has 1 unspecified atom stereocenters. The second-order valence-corrected chi connectivity index (χ2v) is 14.8. The van der Waals surface area contributed by atoms with Gasteiger partial charge in [-0.25, -0.2) is 13.2 Å². The monoisotopic (exact) mass is 641 g/mol. The second kappa shape index (κ2) is 15.8. The van der Waals surface area contributed by atoms with Crippen molar-refractivity contribution < 1.29 is 32.6 Å². The van der Waals surface area contributed by atoms with Crippen molar-refractivity contribution in [1.29, 1.82) is 0 Å². The van der Waals surface area contributed by atoms with Crippen LogP contribution in [-0.4, -0.2) is 98.6 Å². The zero-order valence-electron chi connectivity index (χ0n) is 26.7. The maximum absolute atomic E-state index is 13.8. The molecule has 1 aliphatic heterocycles. The first kappa shape index (κ1) is 34.6. The van der Waals surface area contributed by atoms with Gasteiger partial charge in [0.05, 0.1) is 25.0 Å². The number of ether oxygens (including phenoxy) is 1. The molecule has 2 N–H and O–H groups in total. The smallest absolute Gasteiger partial charge is 0.326 e. The predicted molar refractivity (Wildman–Crippen MR) is 174 cm³/mol. The standard InChI is InChI=1S/C34H47N3O7S/c1-24-9-7-8-12-27(24)29-21-26(13-14-28(29)32(38)35-30(34(40)41)15-20-45(3,42)43)23-36(2)31(22-25-10-5-4-6-11-25)33(39)37-16-18-44-19-17-37/h7-9,12-14,21,25,30-31H,4-6,10-11,15-20,22-23H2,1-3H3,(H,35,38)(H,40,41)/t30-,31?/m0/s1. The van der Waals surface area contributed by atoms with Crippen molar-refractivity contribution in [2.75, 3.05) is 45.4 Å². The Kier molecular flexibility index (Phi) is 12.2. The molecule has 10 nitrogen and oxygen atoms in total. The number of benzene rings is 2. The summed E-state index contributed by atoms with van der Waals surface area (Å²) in [5, 5.41) is 12.2. The molecule has 1 aliphatic carbocycles. The lowest BCUT2D eigenvalue weighted by molar-refractivity contribution is -0.141. The highest BCUT2D eigenvalue weighted by Gasteiger charge is 2.32. The van der Waals surface area contributed by atoms with Crippen molar-refractivity contribution >= 4 is 27.6 Å². The van der Waals surface area contributed by atoms with Crippen molar-refractivity contribution in [3.05, 3.63) is 59.2 Å². The van der Waals surface area contributed by atoms with E-state index in [9.17, 15) is 27.9 Å². The summed E-state index contributed by atoms with van der Waals surface area (Å²) in [7, 11) is -1.42. The third-order valence-corrected chi connectivity index (χ3v) is 9.98. The Hall–Kier alpha value is -3.28. The van der Waals surface area contributed by atoms with Crippen molar-refractivity contribution in [2.45, 2.75) is 70.5 Å². The fraction of sp³-hybridized carbons (Fsp3) is 0.559. The average molecular weight is 642 g/mol.